The van der Waals surface area contributed by atoms with Gasteiger partial charge in [-0.1, -0.05) is 15.9 Å². The minimum atomic E-state index is -3.76. The van der Waals surface area contributed by atoms with Crippen LogP contribution in [0.25, 0.3) is 0 Å². The van der Waals surface area contributed by atoms with Crippen LogP contribution in [0.4, 0.5) is 5.69 Å². The summed E-state index contributed by atoms with van der Waals surface area (Å²) < 4.78 is 33.9. The van der Waals surface area contributed by atoms with E-state index < -0.39 is 16.1 Å². The van der Waals surface area contributed by atoms with Gasteiger partial charge in [0.1, 0.15) is 5.75 Å². The minimum absolute atomic E-state index is 0.0763. The summed E-state index contributed by atoms with van der Waals surface area (Å²) in [6.07, 6.45) is -0.628. The van der Waals surface area contributed by atoms with Crippen LogP contribution in [0.15, 0.2) is 51.8 Å². The summed E-state index contributed by atoms with van der Waals surface area (Å²) in [7, 11) is -3.76. The molecule has 158 valence electrons. The molecule has 2 aromatic rings. The lowest BCUT2D eigenvalue weighted by Crippen LogP contribution is -2.50. The number of piperazine rings is 1. The number of nitrogens with one attached hydrogen (secondary N) is 1. The highest BCUT2D eigenvalue weighted by molar-refractivity contribution is 9.10. The highest BCUT2D eigenvalue weighted by Gasteiger charge is 2.32. The van der Waals surface area contributed by atoms with Crippen molar-refractivity contribution >= 4 is 43.5 Å². The number of amides is 2. The van der Waals surface area contributed by atoms with Crippen LogP contribution in [0, 0.1) is 0 Å². The van der Waals surface area contributed by atoms with E-state index in [0.29, 0.717) is 30.1 Å². The first-order chi connectivity index (χ1) is 14.3. The lowest BCUT2D eigenvalue weighted by atomic mass is 10.2. The summed E-state index contributed by atoms with van der Waals surface area (Å²) in [6.45, 7) is 2.62. The van der Waals surface area contributed by atoms with Crippen molar-refractivity contribution in [3.05, 3.63) is 52.5 Å². The molecule has 2 aliphatic heterocycles. The summed E-state index contributed by atoms with van der Waals surface area (Å²) in [5, 5.41) is 2.67. The molecule has 1 fully saturated rings. The van der Waals surface area contributed by atoms with Crippen LogP contribution in [-0.2, 0) is 14.8 Å². The second-order valence-electron chi connectivity index (χ2n) is 7.11. The van der Waals surface area contributed by atoms with Gasteiger partial charge in [-0.25, -0.2) is 8.42 Å². The number of anilines is 1. The van der Waals surface area contributed by atoms with Gasteiger partial charge in [-0.2, -0.15) is 4.31 Å². The molecule has 1 saturated heterocycles. The number of halogens is 1. The van der Waals surface area contributed by atoms with Gasteiger partial charge in [0.15, 0.2) is 6.10 Å². The van der Waals surface area contributed by atoms with E-state index in [0.717, 1.165) is 4.47 Å². The van der Waals surface area contributed by atoms with Crippen LogP contribution in [0.1, 0.15) is 17.3 Å². The Kier molecular flexibility index (Phi) is 5.56. The Morgan fingerprint density at radius 2 is 1.77 bits per heavy atom. The molecule has 2 heterocycles. The number of nitrogens with zero attached hydrogens (tertiary/aromatic N) is 2. The third-order valence-electron chi connectivity index (χ3n) is 5.14. The summed E-state index contributed by atoms with van der Waals surface area (Å²) in [5.74, 6) is -0.00890. The number of rotatable bonds is 3. The first-order valence-corrected chi connectivity index (χ1v) is 11.7. The van der Waals surface area contributed by atoms with E-state index in [1.807, 2.05) is 0 Å². The zero-order valence-corrected chi connectivity index (χ0v) is 18.6. The molecule has 1 N–H and O–H groups in total. The molecule has 2 amide bonds. The molecule has 2 aliphatic rings. The summed E-state index contributed by atoms with van der Waals surface area (Å²) in [5.41, 5.74) is 0.900. The Hall–Kier alpha value is -2.43. The van der Waals surface area contributed by atoms with Crippen LogP contribution in [0.3, 0.4) is 0 Å². The second kappa shape index (κ2) is 8.01. The van der Waals surface area contributed by atoms with Crippen molar-refractivity contribution in [2.24, 2.45) is 0 Å². The molecular formula is C20H20BrN3O5S. The monoisotopic (exact) mass is 493 g/mol. The normalized spacial score (nSPS) is 19.6. The fourth-order valence-corrected chi connectivity index (χ4v) is 5.12. The topological polar surface area (TPSA) is 96.0 Å². The largest absolute Gasteiger partial charge is 0.479 e. The van der Waals surface area contributed by atoms with Crippen molar-refractivity contribution < 1.29 is 22.7 Å². The van der Waals surface area contributed by atoms with Gasteiger partial charge in [-0.15, -0.1) is 0 Å². The van der Waals surface area contributed by atoms with Crippen molar-refractivity contribution in [2.45, 2.75) is 17.9 Å². The van der Waals surface area contributed by atoms with Crippen molar-refractivity contribution in [3.63, 3.8) is 0 Å². The van der Waals surface area contributed by atoms with Crippen LogP contribution < -0.4 is 10.1 Å². The molecule has 10 heteroatoms. The molecule has 2 aromatic carbocycles. The van der Waals surface area contributed by atoms with Gasteiger partial charge in [0.05, 0.1) is 10.6 Å². The molecule has 0 saturated carbocycles. The third-order valence-corrected chi connectivity index (χ3v) is 7.56. The van der Waals surface area contributed by atoms with E-state index in [2.05, 4.69) is 21.2 Å². The van der Waals surface area contributed by atoms with E-state index in [1.54, 1.807) is 42.2 Å². The van der Waals surface area contributed by atoms with E-state index in [9.17, 15) is 18.0 Å². The van der Waals surface area contributed by atoms with Gasteiger partial charge >= 0.3 is 0 Å². The molecule has 0 radical (unpaired) electrons. The quantitative estimate of drug-likeness (QED) is 0.707. The number of hydrogen-bond acceptors (Lipinski definition) is 5. The molecule has 0 aliphatic carbocycles. The van der Waals surface area contributed by atoms with E-state index in [-0.39, 0.29) is 29.8 Å². The molecule has 1 unspecified atom stereocenters. The molecule has 0 spiro atoms. The Bertz CT molecular complexity index is 1100. The maximum Gasteiger partial charge on any atom is 0.265 e. The van der Waals surface area contributed by atoms with Gasteiger partial charge in [-0.3, -0.25) is 9.59 Å². The molecule has 1 atom stereocenters. The maximum atomic E-state index is 13.1. The number of fused-ring (bicyclic) bond motifs is 1. The predicted molar refractivity (Wildman–Crippen MR) is 114 cm³/mol. The van der Waals surface area contributed by atoms with Crippen LogP contribution in [0.5, 0.6) is 5.75 Å². The van der Waals surface area contributed by atoms with Gasteiger partial charge < -0.3 is 15.0 Å². The molecular weight excluding hydrogens is 474 g/mol. The zero-order valence-electron chi connectivity index (χ0n) is 16.2. The van der Waals surface area contributed by atoms with Crippen LogP contribution in [0.2, 0.25) is 0 Å². The number of ether oxygens (including phenoxy) is 1. The Labute approximate surface area is 183 Å². The van der Waals surface area contributed by atoms with E-state index in [1.165, 1.54) is 16.4 Å². The number of benzene rings is 2. The van der Waals surface area contributed by atoms with Crippen molar-refractivity contribution in [1.82, 2.24) is 9.21 Å². The van der Waals surface area contributed by atoms with Crippen LogP contribution >= 0.6 is 15.9 Å². The standard InChI is InChI=1S/C20H20BrN3O5S/c1-13-19(25)22-17-12-16(6-7-18(17)29-13)30(27,28)24-10-8-23(9-11-24)20(26)14-2-4-15(21)5-3-14/h2-7,12-13H,8-11H2,1H3,(H,22,25). The van der Waals surface area contributed by atoms with Gasteiger partial charge in [-0.05, 0) is 49.4 Å². The van der Waals surface area contributed by atoms with Gasteiger partial charge in [0, 0.05) is 36.2 Å². The third kappa shape index (κ3) is 3.94. The van der Waals surface area contributed by atoms with Crippen LogP contribution in [-0.4, -0.2) is 61.7 Å². The van der Waals surface area contributed by atoms with E-state index >= 15 is 0 Å². The number of sulfonamides is 1. The molecule has 0 bridgehead atoms. The summed E-state index contributed by atoms with van der Waals surface area (Å²) in [4.78, 5) is 26.2. The van der Waals surface area contributed by atoms with Crippen molar-refractivity contribution in [1.29, 1.82) is 0 Å². The van der Waals surface area contributed by atoms with Crippen molar-refractivity contribution in [2.75, 3.05) is 31.5 Å². The predicted octanol–water partition coefficient (Wildman–Crippen LogP) is 2.32. The average Bonchev–Trinajstić information content (AvgIpc) is 2.74. The fraction of sp³-hybridized carbons (Fsp3) is 0.300. The number of hydrogen-bond donors (Lipinski definition) is 1. The SMILES string of the molecule is CC1Oc2ccc(S(=O)(=O)N3CCN(C(=O)c4ccc(Br)cc4)CC3)cc2NC1=O. The van der Waals surface area contributed by atoms with E-state index in [4.69, 9.17) is 4.74 Å². The Morgan fingerprint density at radius 1 is 1.10 bits per heavy atom. The first-order valence-electron chi connectivity index (χ1n) is 9.42. The lowest BCUT2D eigenvalue weighted by molar-refractivity contribution is -0.122. The Balaban J connectivity index is 1.46. The highest BCUT2D eigenvalue weighted by atomic mass is 79.9. The molecule has 0 aromatic heterocycles. The minimum Gasteiger partial charge on any atom is -0.479 e. The summed E-state index contributed by atoms with van der Waals surface area (Å²) in [6, 6.07) is 11.5. The molecule has 4 rings (SSSR count). The van der Waals surface area contributed by atoms with Gasteiger partial charge in [0.25, 0.3) is 11.8 Å². The van der Waals surface area contributed by atoms with Crippen molar-refractivity contribution in [3.8, 4) is 5.75 Å². The maximum absolute atomic E-state index is 13.1. The number of carbonyl (C=O) groups is 2. The average molecular weight is 494 g/mol. The second-order valence-corrected chi connectivity index (χ2v) is 9.96. The smallest absolute Gasteiger partial charge is 0.265 e. The molecule has 8 nitrogen and oxygen atoms in total. The first kappa shape index (κ1) is 20.8. The van der Waals surface area contributed by atoms with Gasteiger partial charge in [0.2, 0.25) is 10.0 Å². The lowest BCUT2D eigenvalue weighted by Gasteiger charge is -2.34. The Morgan fingerprint density at radius 3 is 2.43 bits per heavy atom. The molecule has 30 heavy (non-hydrogen) atoms. The zero-order chi connectivity index (χ0) is 21.5. The highest BCUT2D eigenvalue weighted by Crippen LogP contribution is 2.33. The fourth-order valence-electron chi connectivity index (χ4n) is 3.40. The summed E-state index contributed by atoms with van der Waals surface area (Å²) >= 11 is 3.34. The number of carbonyl (C=O) groups excluding carboxylic acids is 2.